The molecule has 0 aromatic heterocycles. The van der Waals surface area contributed by atoms with Crippen molar-refractivity contribution in [2.45, 2.75) is 50.5 Å². The van der Waals surface area contributed by atoms with Crippen LogP contribution in [0.15, 0.2) is 48.5 Å². The number of hydrogen-bond acceptors (Lipinski definition) is 3. The second-order valence-corrected chi connectivity index (χ2v) is 9.92. The minimum atomic E-state index is -5.16. The molecule has 38 heavy (non-hydrogen) atoms. The number of anilines is 1. The number of likely N-dealkylation sites (tertiary alicyclic amines) is 1. The zero-order chi connectivity index (χ0) is 28.7. The number of alkyl halides is 8. The van der Waals surface area contributed by atoms with E-state index in [-0.39, 0.29) is 24.6 Å². The van der Waals surface area contributed by atoms with Crippen LogP contribution in [0.5, 0.6) is 0 Å². The van der Waals surface area contributed by atoms with E-state index in [2.05, 4.69) is 4.74 Å². The minimum Gasteiger partial charge on any atom is -0.465 e. The zero-order valence-corrected chi connectivity index (χ0v) is 20.4. The molecule has 1 saturated heterocycles. The lowest BCUT2D eigenvalue weighted by Crippen LogP contribution is -2.51. The summed E-state index contributed by atoms with van der Waals surface area (Å²) in [5.41, 5.74) is -6.63. The van der Waals surface area contributed by atoms with Crippen LogP contribution < -0.4 is 5.32 Å². The number of rotatable bonds is 5. The Morgan fingerprint density at radius 2 is 1.45 bits per heavy atom. The molecule has 0 aliphatic carbocycles. The Kier molecular flexibility index (Phi) is 7.48. The molecule has 3 rings (SSSR count). The van der Waals surface area contributed by atoms with Gasteiger partial charge in [0.2, 0.25) is 0 Å². The first-order valence-corrected chi connectivity index (χ1v) is 11.2. The molecule has 0 bridgehead atoms. The number of ether oxygens (including phenoxy) is 1. The lowest BCUT2D eigenvalue weighted by Gasteiger charge is -2.40. The number of carbonyl (C=O) groups excluding carboxylic acids is 2. The first-order valence-electron chi connectivity index (χ1n) is 11.2. The molecule has 2 aromatic rings. The van der Waals surface area contributed by atoms with Crippen LogP contribution in [0.4, 0.5) is 45.6 Å². The molecule has 1 atom stereocenters. The van der Waals surface area contributed by atoms with E-state index < -0.39 is 64.5 Å². The summed E-state index contributed by atoms with van der Waals surface area (Å²) in [6, 6.07) is 6.83. The minimum absolute atomic E-state index is 0.0968. The fourth-order valence-electron chi connectivity index (χ4n) is 4.86. The second kappa shape index (κ2) is 9.73. The molecule has 1 N–H and O–H groups in total. The van der Waals surface area contributed by atoms with Crippen molar-refractivity contribution in [3.05, 3.63) is 65.2 Å². The molecular formula is C25H24F8N2O3. The van der Waals surface area contributed by atoms with Gasteiger partial charge in [-0.25, -0.2) is 9.59 Å². The average Bonchev–Trinajstić information content (AvgIpc) is 3.08. The molecular weight excluding hydrogens is 528 g/mol. The number of amides is 2. The van der Waals surface area contributed by atoms with E-state index in [1.165, 1.54) is 24.3 Å². The van der Waals surface area contributed by atoms with Crippen LogP contribution in [0.3, 0.4) is 0 Å². The van der Waals surface area contributed by atoms with Crippen LogP contribution in [-0.2, 0) is 27.4 Å². The van der Waals surface area contributed by atoms with Crippen molar-refractivity contribution in [2.24, 2.45) is 5.41 Å². The summed E-state index contributed by atoms with van der Waals surface area (Å²) in [5, 5.41) is 2.03. The number of nitrogens with one attached hydrogen (secondary N) is 1. The number of esters is 1. The average molecular weight is 552 g/mol. The van der Waals surface area contributed by atoms with Crippen LogP contribution in [0.2, 0.25) is 0 Å². The summed E-state index contributed by atoms with van der Waals surface area (Å²) < 4.78 is 114. The molecule has 0 radical (unpaired) electrons. The van der Waals surface area contributed by atoms with Crippen LogP contribution in [0.25, 0.3) is 0 Å². The SMILES string of the molecule is COC(=O)C(F)(F)CC1(c2ccccc2)CC(C)(C)CN1C(=O)Nc1cc(C(F)(F)F)cc(C(F)(F)F)c1. The quantitative estimate of drug-likeness (QED) is 0.319. The van der Waals surface area contributed by atoms with Gasteiger partial charge in [0.1, 0.15) is 0 Å². The number of nitrogens with zero attached hydrogens (tertiary/aromatic N) is 1. The summed E-state index contributed by atoms with van der Waals surface area (Å²) in [7, 11) is 0.764. The number of benzene rings is 2. The maximum atomic E-state index is 15.0. The van der Waals surface area contributed by atoms with Crippen LogP contribution in [0, 0.1) is 5.41 Å². The van der Waals surface area contributed by atoms with Gasteiger partial charge in [-0.1, -0.05) is 44.2 Å². The standard InChI is InChI=1S/C25H24F8N2O3/c1-21(2)12-22(15-7-5-4-6-8-15,13-23(26,27)19(36)38-3)35(14-21)20(37)34-18-10-16(24(28,29)30)9-17(11-18)25(31,32)33/h4-11H,12-14H2,1-3H3,(H,34,37). The lowest BCUT2D eigenvalue weighted by molar-refractivity contribution is -0.173. The zero-order valence-electron chi connectivity index (χ0n) is 20.4. The van der Waals surface area contributed by atoms with Gasteiger partial charge >= 0.3 is 30.3 Å². The van der Waals surface area contributed by atoms with Gasteiger partial charge in [-0.05, 0) is 35.6 Å². The molecule has 1 aliphatic rings. The first-order chi connectivity index (χ1) is 17.3. The molecule has 5 nitrogen and oxygen atoms in total. The first kappa shape index (κ1) is 29.2. The van der Waals surface area contributed by atoms with E-state index in [1.54, 1.807) is 19.9 Å². The number of halogens is 8. The van der Waals surface area contributed by atoms with Gasteiger partial charge in [-0.3, -0.25) is 0 Å². The highest BCUT2D eigenvalue weighted by atomic mass is 19.4. The molecule has 1 unspecified atom stereocenters. The maximum absolute atomic E-state index is 15.0. The van der Waals surface area contributed by atoms with Gasteiger partial charge in [0.25, 0.3) is 0 Å². The molecule has 1 fully saturated rings. The Balaban J connectivity index is 2.12. The van der Waals surface area contributed by atoms with Crippen molar-refractivity contribution in [2.75, 3.05) is 19.0 Å². The molecule has 2 aromatic carbocycles. The van der Waals surface area contributed by atoms with Crippen molar-refractivity contribution in [1.82, 2.24) is 4.90 Å². The summed E-state index contributed by atoms with van der Waals surface area (Å²) in [6.07, 6.45) is -11.6. The van der Waals surface area contributed by atoms with Gasteiger partial charge in [0, 0.05) is 12.2 Å². The Morgan fingerprint density at radius 3 is 1.92 bits per heavy atom. The third kappa shape index (κ3) is 6.02. The predicted octanol–water partition coefficient (Wildman–Crippen LogP) is 7.08. The Morgan fingerprint density at radius 1 is 0.921 bits per heavy atom. The summed E-state index contributed by atoms with van der Waals surface area (Å²) >= 11 is 0. The number of methoxy groups -OCH3 is 1. The normalized spacial score (nSPS) is 19.8. The highest BCUT2D eigenvalue weighted by Crippen LogP contribution is 2.52. The largest absolute Gasteiger partial charge is 0.465 e. The molecule has 13 heteroatoms. The van der Waals surface area contributed by atoms with Gasteiger partial charge in [0.05, 0.1) is 30.2 Å². The van der Waals surface area contributed by atoms with Crippen molar-refractivity contribution < 1.29 is 49.4 Å². The third-order valence-corrected chi connectivity index (χ3v) is 6.27. The van der Waals surface area contributed by atoms with Crippen molar-refractivity contribution in [1.29, 1.82) is 0 Å². The number of hydrogen-bond donors (Lipinski definition) is 1. The van der Waals surface area contributed by atoms with E-state index in [0.29, 0.717) is 12.1 Å². The smallest absolute Gasteiger partial charge is 0.416 e. The molecule has 2 amide bonds. The Bertz CT molecular complexity index is 1160. The molecule has 0 spiro atoms. The molecule has 1 heterocycles. The van der Waals surface area contributed by atoms with Gasteiger partial charge in [-0.15, -0.1) is 0 Å². The maximum Gasteiger partial charge on any atom is 0.416 e. The van der Waals surface area contributed by atoms with Crippen LogP contribution in [0.1, 0.15) is 43.4 Å². The van der Waals surface area contributed by atoms with Gasteiger partial charge < -0.3 is 15.0 Å². The van der Waals surface area contributed by atoms with E-state index >= 15 is 8.78 Å². The van der Waals surface area contributed by atoms with E-state index in [4.69, 9.17) is 0 Å². The summed E-state index contributed by atoms with van der Waals surface area (Å²) in [4.78, 5) is 26.2. The third-order valence-electron chi connectivity index (χ3n) is 6.27. The van der Waals surface area contributed by atoms with Crippen LogP contribution in [-0.4, -0.2) is 36.5 Å². The monoisotopic (exact) mass is 552 g/mol. The highest BCUT2D eigenvalue weighted by Gasteiger charge is 2.59. The van der Waals surface area contributed by atoms with Crippen molar-refractivity contribution in [3.63, 3.8) is 0 Å². The fraction of sp³-hybridized carbons (Fsp3) is 0.440. The van der Waals surface area contributed by atoms with Crippen LogP contribution >= 0.6 is 0 Å². The summed E-state index contributed by atoms with van der Waals surface area (Å²) in [5.74, 6) is -5.94. The highest BCUT2D eigenvalue weighted by molar-refractivity contribution is 5.91. The topological polar surface area (TPSA) is 58.6 Å². The molecule has 1 aliphatic heterocycles. The lowest BCUT2D eigenvalue weighted by atomic mass is 9.76. The number of carbonyl (C=O) groups is 2. The van der Waals surface area contributed by atoms with E-state index in [1.807, 2.05) is 5.32 Å². The fourth-order valence-corrected chi connectivity index (χ4v) is 4.86. The van der Waals surface area contributed by atoms with E-state index in [0.717, 1.165) is 12.0 Å². The predicted molar refractivity (Wildman–Crippen MR) is 120 cm³/mol. The second-order valence-electron chi connectivity index (χ2n) is 9.92. The van der Waals surface area contributed by atoms with Gasteiger partial charge in [0.15, 0.2) is 0 Å². The molecule has 208 valence electrons. The number of urea groups is 1. The van der Waals surface area contributed by atoms with Gasteiger partial charge in [-0.2, -0.15) is 35.1 Å². The van der Waals surface area contributed by atoms with E-state index in [9.17, 15) is 35.9 Å². The summed E-state index contributed by atoms with van der Waals surface area (Å²) in [6.45, 7) is 3.11. The Hall–Kier alpha value is -3.38. The Labute approximate surface area is 212 Å². The van der Waals surface area contributed by atoms with Crippen molar-refractivity contribution in [3.8, 4) is 0 Å². The van der Waals surface area contributed by atoms with Crippen molar-refractivity contribution >= 4 is 17.7 Å². The molecule has 0 saturated carbocycles.